The van der Waals surface area contributed by atoms with Crippen molar-refractivity contribution in [2.24, 2.45) is 0 Å². The number of rotatable bonds is 1. The highest BCUT2D eigenvalue weighted by molar-refractivity contribution is 7.90. The van der Waals surface area contributed by atoms with Gasteiger partial charge < -0.3 is 17.0 Å². The summed E-state index contributed by atoms with van der Waals surface area (Å²) in [5.41, 5.74) is 0.498. The number of fused-ring (bicyclic) bond motifs is 1. The van der Waals surface area contributed by atoms with Crippen molar-refractivity contribution in [3.05, 3.63) is 35.0 Å². The first-order chi connectivity index (χ1) is 5.59. The Morgan fingerprint density at radius 2 is 2.00 bits per heavy atom. The molecular formula is C7H6BrNO3S. The predicted molar refractivity (Wildman–Crippen MR) is 43.2 cm³/mol. The highest BCUT2D eigenvalue weighted by Crippen LogP contribution is 2.23. The summed E-state index contributed by atoms with van der Waals surface area (Å²) in [6.45, 7) is 0. The number of hydrogen-bond acceptors (Lipinski definition) is 2. The van der Waals surface area contributed by atoms with E-state index in [9.17, 15) is 8.42 Å². The fourth-order valence-electron chi connectivity index (χ4n) is 1.18. The smallest absolute Gasteiger partial charge is 0.301 e. The van der Waals surface area contributed by atoms with Crippen molar-refractivity contribution in [2.75, 3.05) is 0 Å². The quantitative estimate of drug-likeness (QED) is 0.413. The van der Waals surface area contributed by atoms with Crippen LogP contribution in [0.25, 0.3) is 0 Å². The van der Waals surface area contributed by atoms with Gasteiger partial charge in [-0.2, -0.15) is 13.0 Å². The second kappa shape index (κ2) is 3.21. The van der Waals surface area contributed by atoms with Crippen LogP contribution in [-0.4, -0.2) is 23.8 Å². The molecule has 2 aliphatic rings. The Hall–Kier alpha value is -0.720. The van der Waals surface area contributed by atoms with Crippen molar-refractivity contribution in [2.45, 2.75) is 0 Å². The minimum atomic E-state index is -4.08. The summed E-state index contributed by atoms with van der Waals surface area (Å²) in [4.78, 5) is -0.0486. The van der Waals surface area contributed by atoms with Crippen LogP contribution in [-0.2, 0) is 10.1 Å². The molecule has 0 radical (unpaired) electrons. The van der Waals surface area contributed by atoms with E-state index in [1.165, 1.54) is 6.08 Å². The molecule has 0 saturated heterocycles. The summed E-state index contributed by atoms with van der Waals surface area (Å²) in [6.07, 6.45) is 8.00. The lowest BCUT2D eigenvalue weighted by molar-refractivity contribution is -0.381. The van der Waals surface area contributed by atoms with E-state index in [0.29, 0.717) is 5.70 Å². The van der Waals surface area contributed by atoms with Gasteiger partial charge in [0.05, 0.1) is 0 Å². The maximum atomic E-state index is 10.7. The Kier molecular flexibility index (Phi) is 2.56. The van der Waals surface area contributed by atoms with Crippen LogP contribution in [0, 0.1) is 0 Å². The monoisotopic (exact) mass is 263 g/mol. The van der Waals surface area contributed by atoms with Gasteiger partial charge in [0.1, 0.15) is 0 Å². The van der Waals surface area contributed by atoms with Crippen molar-refractivity contribution in [3.8, 4) is 0 Å². The van der Waals surface area contributed by atoms with Crippen molar-refractivity contribution in [1.29, 1.82) is 0 Å². The standard InChI is InChI=1S/C7H5NO3S.BrH/c9-12(10,11)7-3-5-8-4-1-2-6(7)8;/h1-5H;1H. The van der Waals surface area contributed by atoms with Crippen LogP contribution in [0.1, 0.15) is 0 Å². The third kappa shape index (κ3) is 1.65. The Morgan fingerprint density at radius 1 is 1.31 bits per heavy atom. The molecule has 0 bridgehead atoms. The Bertz CT molecular complexity index is 456. The molecule has 70 valence electrons. The minimum absolute atomic E-state index is 0. The van der Waals surface area contributed by atoms with Crippen LogP contribution in [0.2, 0.25) is 0 Å². The van der Waals surface area contributed by atoms with Crippen LogP contribution in [0.4, 0.5) is 0 Å². The van der Waals surface area contributed by atoms with Crippen LogP contribution in [0.3, 0.4) is 0 Å². The molecular weight excluding hydrogens is 258 g/mol. The normalized spacial score (nSPS) is 18.7. The van der Waals surface area contributed by atoms with Crippen LogP contribution in [0.5, 0.6) is 0 Å². The van der Waals surface area contributed by atoms with Gasteiger partial charge in [0.25, 0.3) is 0 Å². The lowest BCUT2D eigenvalue weighted by atomic mass is 10.4. The molecule has 4 nitrogen and oxygen atoms in total. The molecule has 0 aromatic heterocycles. The van der Waals surface area contributed by atoms with Crippen LogP contribution >= 0.6 is 0 Å². The third-order valence-electron chi connectivity index (χ3n) is 1.70. The zero-order valence-corrected chi connectivity index (χ0v) is 8.79. The zero-order chi connectivity index (χ0) is 8.77. The second-order valence-electron chi connectivity index (χ2n) is 2.46. The summed E-state index contributed by atoms with van der Waals surface area (Å²) >= 11 is 0. The van der Waals surface area contributed by atoms with E-state index in [4.69, 9.17) is 4.55 Å². The van der Waals surface area contributed by atoms with Crippen LogP contribution < -0.4 is 17.0 Å². The van der Waals surface area contributed by atoms with E-state index < -0.39 is 10.1 Å². The lowest BCUT2D eigenvalue weighted by Gasteiger charge is -1.93. The molecule has 0 spiro atoms. The fourth-order valence-corrected chi connectivity index (χ4v) is 1.85. The molecule has 6 heteroatoms. The SMILES string of the molecule is O=S(=O)(O)C1=CC=[N+]2C=CC=C12.[Br-]. The number of allylic oxidation sites excluding steroid dienone is 3. The fraction of sp³-hybridized carbons (Fsp3) is 0. The zero-order valence-electron chi connectivity index (χ0n) is 6.38. The van der Waals surface area contributed by atoms with Gasteiger partial charge in [-0.1, -0.05) is 0 Å². The maximum absolute atomic E-state index is 10.7. The summed E-state index contributed by atoms with van der Waals surface area (Å²) in [6, 6.07) is 0. The van der Waals surface area contributed by atoms with Gasteiger partial charge in [-0.05, 0) is 0 Å². The number of halogens is 1. The Balaban J connectivity index is 0.000000845. The van der Waals surface area contributed by atoms with Crippen molar-refractivity contribution in [1.82, 2.24) is 0 Å². The second-order valence-corrected chi connectivity index (χ2v) is 3.85. The van der Waals surface area contributed by atoms with Gasteiger partial charge in [0.2, 0.25) is 5.70 Å². The molecule has 0 saturated carbocycles. The van der Waals surface area contributed by atoms with Crippen molar-refractivity contribution < 1.29 is 34.5 Å². The van der Waals surface area contributed by atoms with Gasteiger partial charge in [0, 0.05) is 18.2 Å². The molecule has 0 atom stereocenters. The first-order valence-electron chi connectivity index (χ1n) is 3.29. The topological polar surface area (TPSA) is 57.4 Å². The van der Waals surface area contributed by atoms with E-state index in [-0.39, 0.29) is 21.9 Å². The molecule has 0 aromatic rings. The summed E-state index contributed by atoms with van der Waals surface area (Å²) in [5, 5.41) is 0. The summed E-state index contributed by atoms with van der Waals surface area (Å²) in [7, 11) is -4.08. The molecule has 0 unspecified atom stereocenters. The molecule has 0 fully saturated rings. The maximum Gasteiger partial charge on any atom is 0.301 e. The molecule has 0 aliphatic carbocycles. The van der Waals surface area contributed by atoms with Gasteiger partial charge in [0.15, 0.2) is 17.3 Å². The molecule has 1 N–H and O–H groups in total. The van der Waals surface area contributed by atoms with Crippen LogP contribution in [0.15, 0.2) is 35.0 Å². The summed E-state index contributed by atoms with van der Waals surface area (Å²) < 4.78 is 31.9. The molecule has 2 heterocycles. The third-order valence-corrected chi connectivity index (χ3v) is 2.60. The number of nitrogens with zero attached hydrogens (tertiary/aromatic N) is 1. The van der Waals surface area contributed by atoms with E-state index in [0.717, 1.165) is 0 Å². The first-order valence-corrected chi connectivity index (χ1v) is 4.73. The number of hydrogen-bond donors (Lipinski definition) is 1. The van der Waals surface area contributed by atoms with Gasteiger partial charge in [-0.25, -0.2) is 0 Å². The van der Waals surface area contributed by atoms with E-state index >= 15 is 0 Å². The minimum Gasteiger partial charge on any atom is -1.00 e. The predicted octanol–water partition coefficient (Wildman–Crippen LogP) is -2.73. The van der Waals surface area contributed by atoms with E-state index in [2.05, 4.69) is 0 Å². The largest absolute Gasteiger partial charge is 1.00 e. The molecule has 0 amide bonds. The average Bonchev–Trinajstić information content (AvgIpc) is 2.37. The van der Waals surface area contributed by atoms with Crippen molar-refractivity contribution in [3.63, 3.8) is 0 Å². The van der Waals surface area contributed by atoms with E-state index in [1.807, 2.05) is 0 Å². The molecule has 13 heavy (non-hydrogen) atoms. The lowest BCUT2D eigenvalue weighted by Crippen LogP contribution is -3.00. The average molecular weight is 264 g/mol. The highest BCUT2D eigenvalue weighted by atomic mass is 79.9. The van der Waals surface area contributed by atoms with Gasteiger partial charge >= 0.3 is 10.1 Å². The summed E-state index contributed by atoms with van der Waals surface area (Å²) in [5.74, 6) is 0. The molecule has 0 aromatic carbocycles. The van der Waals surface area contributed by atoms with Gasteiger partial charge in [-0.3, -0.25) is 4.55 Å². The van der Waals surface area contributed by atoms with E-state index in [1.54, 1.807) is 29.1 Å². The highest BCUT2D eigenvalue weighted by Gasteiger charge is 2.32. The Labute approximate surface area is 86.1 Å². The molecule has 2 aliphatic heterocycles. The van der Waals surface area contributed by atoms with Crippen molar-refractivity contribution >= 4 is 16.3 Å². The first kappa shape index (κ1) is 10.4. The molecule has 2 rings (SSSR count). The van der Waals surface area contributed by atoms with Gasteiger partial charge in [-0.15, -0.1) is 0 Å². The Morgan fingerprint density at radius 3 is 2.62 bits per heavy atom.